The number of likely N-dealkylation sites (tertiary alicyclic amines) is 1. The number of rotatable bonds is 13. The molecule has 1 saturated heterocycles. The number of primary amides is 1. The van der Waals surface area contributed by atoms with Crippen LogP contribution in [0, 0.1) is 5.92 Å². The van der Waals surface area contributed by atoms with Crippen LogP contribution in [-0.4, -0.2) is 82.3 Å². The third-order valence-electron chi connectivity index (χ3n) is 5.14. The Morgan fingerprint density at radius 1 is 1.16 bits per heavy atom. The zero-order chi connectivity index (χ0) is 24.4. The molecule has 1 aliphatic heterocycles. The van der Waals surface area contributed by atoms with E-state index in [1.54, 1.807) is 0 Å². The highest BCUT2D eigenvalue weighted by molar-refractivity contribution is 7.98. The molecule has 11 nitrogen and oxygen atoms in total. The van der Waals surface area contributed by atoms with Crippen molar-refractivity contribution in [1.29, 1.82) is 0 Å². The molecule has 1 rings (SSSR count). The van der Waals surface area contributed by atoms with E-state index in [2.05, 4.69) is 10.6 Å². The largest absolute Gasteiger partial charge is 0.480 e. The number of nitrogens with one attached hydrogen (secondary N) is 2. The van der Waals surface area contributed by atoms with Crippen molar-refractivity contribution >= 4 is 41.4 Å². The molecule has 7 N–H and O–H groups in total. The van der Waals surface area contributed by atoms with Crippen LogP contribution in [0.1, 0.15) is 46.0 Å². The van der Waals surface area contributed by atoms with Gasteiger partial charge in [0, 0.05) is 6.54 Å². The molecule has 4 unspecified atom stereocenters. The minimum Gasteiger partial charge on any atom is -0.480 e. The lowest BCUT2D eigenvalue weighted by atomic mass is 10.0. The molecular formula is C20H35N5O6S. The van der Waals surface area contributed by atoms with Gasteiger partial charge in [-0.15, -0.1) is 0 Å². The highest BCUT2D eigenvalue weighted by Gasteiger charge is 2.38. The smallest absolute Gasteiger partial charge is 0.326 e. The van der Waals surface area contributed by atoms with Gasteiger partial charge in [-0.1, -0.05) is 13.8 Å². The van der Waals surface area contributed by atoms with Crippen molar-refractivity contribution in [2.75, 3.05) is 18.6 Å². The van der Waals surface area contributed by atoms with Crippen LogP contribution < -0.4 is 22.1 Å². The zero-order valence-electron chi connectivity index (χ0n) is 18.8. The number of nitrogens with two attached hydrogens (primary N) is 2. The second-order valence-electron chi connectivity index (χ2n) is 8.34. The Kier molecular flexibility index (Phi) is 11.5. The first-order valence-corrected chi connectivity index (χ1v) is 12.0. The molecular weight excluding hydrogens is 438 g/mol. The third-order valence-corrected chi connectivity index (χ3v) is 5.79. The fraction of sp³-hybridized carbons (Fsp3) is 0.750. The van der Waals surface area contributed by atoms with Crippen molar-refractivity contribution in [2.24, 2.45) is 17.4 Å². The van der Waals surface area contributed by atoms with E-state index in [4.69, 9.17) is 11.5 Å². The van der Waals surface area contributed by atoms with Gasteiger partial charge in [-0.25, -0.2) is 4.79 Å². The van der Waals surface area contributed by atoms with Gasteiger partial charge < -0.3 is 32.1 Å². The Morgan fingerprint density at radius 2 is 1.81 bits per heavy atom. The minimum atomic E-state index is -1.49. The van der Waals surface area contributed by atoms with Crippen LogP contribution >= 0.6 is 11.8 Å². The summed E-state index contributed by atoms with van der Waals surface area (Å²) < 4.78 is 0. The molecule has 0 aromatic carbocycles. The van der Waals surface area contributed by atoms with Crippen molar-refractivity contribution in [3.05, 3.63) is 0 Å². The summed E-state index contributed by atoms with van der Waals surface area (Å²) in [6.07, 6.45) is 3.09. The SMILES string of the molecule is CSCCC(NC(=O)C1CCCN1C(=O)C(N)CC(C)C)C(=O)NC(CC(N)=O)C(=O)O. The van der Waals surface area contributed by atoms with Crippen LogP contribution in [0.15, 0.2) is 0 Å². The Labute approximate surface area is 192 Å². The molecule has 0 spiro atoms. The lowest BCUT2D eigenvalue weighted by Crippen LogP contribution is -2.57. The molecule has 1 fully saturated rings. The summed E-state index contributed by atoms with van der Waals surface area (Å²) in [5.74, 6) is -3.04. The van der Waals surface area contributed by atoms with Crippen LogP contribution in [0.5, 0.6) is 0 Å². The fourth-order valence-corrected chi connectivity index (χ4v) is 4.04. The first-order valence-electron chi connectivity index (χ1n) is 10.6. The molecule has 0 saturated carbocycles. The average Bonchev–Trinajstić information content (AvgIpc) is 3.18. The predicted octanol–water partition coefficient (Wildman–Crippen LogP) is -0.966. The van der Waals surface area contributed by atoms with Crippen molar-refractivity contribution in [1.82, 2.24) is 15.5 Å². The van der Waals surface area contributed by atoms with Gasteiger partial charge in [0.25, 0.3) is 0 Å². The fourth-order valence-electron chi connectivity index (χ4n) is 3.57. The number of amides is 4. The Morgan fingerprint density at radius 3 is 2.34 bits per heavy atom. The molecule has 4 atom stereocenters. The van der Waals surface area contributed by atoms with Crippen LogP contribution in [0.4, 0.5) is 0 Å². The molecule has 0 aromatic heterocycles. The maximum atomic E-state index is 13.0. The molecule has 182 valence electrons. The highest BCUT2D eigenvalue weighted by Crippen LogP contribution is 2.20. The maximum absolute atomic E-state index is 13.0. The molecule has 0 radical (unpaired) electrons. The normalized spacial score (nSPS) is 18.7. The van der Waals surface area contributed by atoms with E-state index in [0.29, 0.717) is 31.6 Å². The summed E-state index contributed by atoms with van der Waals surface area (Å²) in [7, 11) is 0. The van der Waals surface area contributed by atoms with Gasteiger partial charge in [0.1, 0.15) is 18.1 Å². The number of thioether (sulfide) groups is 1. The summed E-state index contributed by atoms with van der Waals surface area (Å²) in [5, 5.41) is 14.1. The zero-order valence-corrected chi connectivity index (χ0v) is 19.7. The van der Waals surface area contributed by atoms with E-state index in [0.717, 1.165) is 0 Å². The van der Waals surface area contributed by atoms with Gasteiger partial charge in [-0.05, 0) is 43.6 Å². The topological polar surface area (TPSA) is 185 Å². The van der Waals surface area contributed by atoms with Gasteiger partial charge in [-0.3, -0.25) is 19.2 Å². The van der Waals surface area contributed by atoms with Crippen LogP contribution in [0.25, 0.3) is 0 Å². The number of carbonyl (C=O) groups excluding carboxylic acids is 4. The van der Waals surface area contributed by atoms with Gasteiger partial charge in [-0.2, -0.15) is 11.8 Å². The maximum Gasteiger partial charge on any atom is 0.326 e. The van der Waals surface area contributed by atoms with E-state index in [-0.39, 0.29) is 18.2 Å². The van der Waals surface area contributed by atoms with Gasteiger partial charge in [0.15, 0.2) is 0 Å². The second kappa shape index (κ2) is 13.3. The van der Waals surface area contributed by atoms with Gasteiger partial charge in [0.05, 0.1) is 12.5 Å². The number of nitrogens with zero attached hydrogens (tertiary/aromatic N) is 1. The Hall–Kier alpha value is -2.34. The van der Waals surface area contributed by atoms with Crippen LogP contribution in [0.2, 0.25) is 0 Å². The summed E-state index contributed by atoms with van der Waals surface area (Å²) in [6, 6.07) is -3.96. The first kappa shape index (κ1) is 27.7. The van der Waals surface area contributed by atoms with Crippen molar-refractivity contribution < 1.29 is 29.1 Å². The molecule has 4 amide bonds. The molecule has 0 aromatic rings. The summed E-state index contributed by atoms with van der Waals surface area (Å²) in [5.41, 5.74) is 11.1. The van der Waals surface area contributed by atoms with Crippen molar-refractivity contribution in [2.45, 2.75) is 70.1 Å². The first-order chi connectivity index (χ1) is 15.0. The van der Waals surface area contributed by atoms with E-state index in [1.807, 2.05) is 20.1 Å². The van der Waals surface area contributed by atoms with Gasteiger partial charge in [0.2, 0.25) is 23.6 Å². The van der Waals surface area contributed by atoms with Crippen molar-refractivity contribution in [3.8, 4) is 0 Å². The highest BCUT2D eigenvalue weighted by atomic mass is 32.2. The van der Waals surface area contributed by atoms with E-state index < -0.39 is 54.3 Å². The quantitative estimate of drug-likeness (QED) is 0.226. The standard InChI is InChI=1S/C20H35N5O6S/c1-11(2)9-12(21)19(29)25-7-4-5-15(25)18(28)23-13(6-8-32-3)17(27)24-14(20(30)31)10-16(22)26/h11-15H,4-10,21H2,1-3H3,(H2,22,26)(H,23,28)(H,24,27)(H,30,31). The average molecular weight is 474 g/mol. The van der Waals surface area contributed by atoms with Gasteiger partial charge >= 0.3 is 5.97 Å². The third kappa shape index (κ3) is 8.65. The van der Waals surface area contributed by atoms with E-state index in [9.17, 15) is 29.1 Å². The number of aliphatic carboxylic acids is 1. The second-order valence-corrected chi connectivity index (χ2v) is 9.32. The molecule has 0 aliphatic carbocycles. The lowest BCUT2D eigenvalue weighted by molar-refractivity contribution is -0.144. The molecule has 32 heavy (non-hydrogen) atoms. The number of carbonyl (C=O) groups is 5. The van der Waals surface area contributed by atoms with Crippen molar-refractivity contribution in [3.63, 3.8) is 0 Å². The number of carboxylic acid groups (broad SMARTS) is 1. The summed E-state index contributed by atoms with van der Waals surface area (Å²) >= 11 is 1.45. The Balaban J connectivity index is 2.89. The monoisotopic (exact) mass is 473 g/mol. The van der Waals surface area contributed by atoms with Crippen LogP contribution in [0.3, 0.4) is 0 Å². The van der Waals surface area contributed by atoms with Crippen LogP contribution in [-0.2, 0) is 24.0 Å². The summed E-state index contributed by atoms with van der Waals surface area (Å²) in [6.45, 7) is 4.32. The van der Waals surface area contributed by atoms with E-state index >= 15 is 0 Å². The molecule has 1 aliphatic rings. The van der Waals surface area contributed by atoms with E-state index in [1.165, 1.54) is 16.7 Å². The lowest BCUT2D eigenvalue weighted by Gasteiger charge is -2.29. The Bertz CT molecular complexity index is 704. The molecule has 1 heterocycles. The number of hydrogen-bond acceptors (Lipinski definition) is 7. The summed E-state index contributed by atoms with van der Waals surface area (Å²) in [4.78, 5) is 62.3. The number of carboxylic acids is 1. The number of hydrogen-bond donors (Lipinski definition) is 5. The predicted molar refractivity (Wildman–Crippen MR) is 120 cm³/mol. The molecule has 0 bridgehead atoms. The minimum absolute atomic E-state index is 0.228. The molecule has 12 heteroatoms.